The molecule has 1 aliphatic rings. The molecule has 1 aromatic rings. The van der Waals surface area contributed by atoms with E-state index in [1.807, 2.05) is 21.7 Å². The Balaban J connectivity index is 2.22. The van der Waals surface area contributed by atoms with Crippen molar-refractivity contribution in [3.63, 3.8) is 0 Å². The second kappa shape index (κ2) is 6.57. The van der Waals surface area contributed by atoms with E-state index >= 15 is 0 Å². The van der Waals surface area contributed by atoms with Gasteiger partial charge in [-0.05, 0) is 47.7 Å². The zero-order chi connectivity index (χ0) is 13.8. The molecule has 1 unspecified atom stereocenters. The van der Waals surface area contributed by atoms with Gasteiger partial charge in [0.05, 0.1) is 0 Å². The number of aromatic nitrogens is 1. The molecule has 1 atom stereocenters. The first-order chi connectivity index (χ1) is 9.17. The lowest BCUT2D eigenvalue weighted by Crippen LogP contribution is -2.47. The minimum atomic E-state index is 0.120. The van der Waals surface area contributed by atoms with Crippen LogP contribution in [-0.4, -0.2) is 34.5 Å². The molecule has 0 aliphatic carbocycles. The van der Waals surface area contributed by atoms with Crippen molar-refractivity contribution >= 4 is 21.8 Å². The Labute approximate surface area is 123 Å². The average Bonchev–Trinajstić information content (AvgIpc) is 2.79. The van der Waals surface area contributed by atoms with Crippen molar-refractivity contribution in [1.82, 2.24) is 9.47 Å². The summed E-state index contributed by atoms with van der Waals surface area (Å²) in [6.45, 7) is 4.37. The van der Waals surface area contributed by atoms with E-state index in [1.165, 1.54) is 6.42 Å². The van der Waals surface area contributed by atoms with Crippen LogP contribution in [0.25, 0.3) is 0 Å². The van der Waals surface area contributed by atoms with Crippen molar-refractivity contribution in [3.05, 3.63) is 22.4 Å². The first-order valence-corrected chi connectivity index (χ1v) is 7.83. The van der Waals surface area contributed by atoms with E-state index < -0.39 is 0 Å². The van der Waals surface area contributed by atoms with E-state index in [9.17, 15) is 4.79 Å². The van der Waals surface area contributed by atoms with Crippen LogP contribution in [0.3, 0.4) is 0 Å². The highest BCUT2D eigenvalue weighted by atomic mass is 79.9. The highest BCUT2D eigenvalue weighted by Crippen LogP contribution is 2.22. The maximum absolute atomic E-state index is 12.7. The van der Waals surface area contributed by atoms with E-state index in [4.69, 9.17) is 5.73 Å². The summed E-state index contributed by atoms with van der Waals surface area (Å²) in [7, 11) is 0. The number of piperidine rings is 1. The number of carbonyl (C=O) groups excluding carboxylic acids is 1. The Bertz CT molecular complexity index is 444. The van der Waals surface area contributed by atoms with Crippen molar-refractivity contribution in [3.8, 4) is 0 Å². The summed E-state index contributed by atoms with van der Waals surface area (Å²) in [5.41, 5.74) is 6.57. The molecule has 1 fully saturated rings. The van der Waals surface area contributed by atoms with Crippen LogP contribution < -0.4 is 5.73 Å². The molecule has 0 bridgehead atoms. The van der Waals surface area contributed by atoms with Gasteiger partial charge in [-0.15, -0.1) is 0 Å². The van der Waals surface area contributed by atoms with Gasteiger partial charge in [0, 0.05) is 36.3 Å². The van der Waals surface area contributed by atoms with Gasteiger partial charge in [-0.2, -0.15) is 0 Å². The number of rotatable bonds is 4. The molecule has 1 amide bonds. The number of aryl methyl sites for hydroxylation is 1. The summed E-state index contributed by atoms with van der Waals surface area (Å²) >= 11 is 3.46. The fraction of sp³-hybridized carbons (Fsp3) is 0.643. The van der Waals surface area contributed by atoms with Crippen molar-refractivity contribution in [2.75, 3.05) is 13.1 Å². The van der Waals surface area contributed by atoms with E-state index in [1.54, 1.807) is 0 Å². The summed E-state index contributed by atoms with van der Waals surface area (Å²) in [6, 6.07) is 2.12. The Morgan fingerprint density at radius 2 is 2.32 bits per heavy atom. The molecule has 2 rings (SSSR count). The second-order valence-corrected chi connectivity index (χ2v) is 6.04. The maximum atomic E-state index is 12.7. The molecule has 0 aromatic carbocycles. The van der Waals surface area contributed by atoms with E-state index in [0.717, 1.165) is 42.5 Å². The molecular formula is C14H22BrN3O. The van der Waals surface area contributed by atoms with Crippen LogP contribution in [0.4, 0.5) is 0 Å². The van der Waals surface area contributed by atoms with Gasteiger partial charge in [-0.3, -0.25) is 4.79 Å². The molecule has 4 nitrogen and oxygen atoms in total. The molecule has 0 saturated carbocycles. The third kappa shape index (κ3) is 3.20. The average molecular weight is 328 g/mol. The largest absolute Gasteiger partial charge is 0.342 e. The van der Waals surface area contributed by atoms with Gasteiger partial charge in [0.25, 0.3) is 5.91 Å². The highest BCUT2D eigenvalue weighted by molar-refractivity contribution is 9.10. The minimum Gasteiger partial charge on any atom is -0.342 e. The van der Waals surface area contributed by atoms with E-state index in [-0.39, 0.29) is 11.9 Å². The van der Waals surface area contributed by atoms with Crippen molar-refractivity contribution < 1.29 is 4.79 Å². The van der Waals surface area contributed by atoms with Crippen LogP contribution in [0.1, 0.15) is 43.1 Å². The zero-order valence-electron chi connectivity index (χ0n) is 11.4. The first-order valence-electron chi connectivity index (χ1n) is 7.04. The zero-order valence-corrected chi connectivity index (χ0v) is 13.0. The van der Waals surface area contributed by atoms with Crippen molar-refractivity contribution in [1.29, 1.82) is 0 Å². The lowest BCUT2D eigenvalue weighted by Gasteiger charge is -2.35. The van der Waals surface area contributed by atoms with Crippen LogP contribution in [0.5, 0.6) is 0 Å². The predicted octanol–water partition coefficient (Wildman–Crippen LogP) is 2.61. The monoisotopic (exact) mass is 327 g/mol. The summed E-state index contributed by atoms with van der Waals surface area (Å²) in [5.74, 6) is 0.120. The first kappa shape index (κ1) is 14.6. The third-order valence-electron chi connectivity index (χ3n) is 3.71. The van der Waals surface area contributed by atoms with Crippen LogP contribution >= 0.6 is 15.9 Å². The minimum absolute atomic E-state index is 0.120. The quantitative estimate of drug-likeness (QED) is 0.924. The molecular weight excluding hydrogens is 306 g/mol. The number of nitrogens with zero attached hydrogens (tertiary/aromatic N) is 2. The fourth-order valence-electron chi connectivity index (χ4n) is 2.74. The third-order valence-corrected chi connectivity index (χ3v) is 4.14. The van der Waals surface area contributed by atoms with E-state index in [0.29, 0.717) is 6.54 Å². The van der Waals surface area contributed by atoms with Crippen molar-refractivity contribution in [2.45, 2.75) is 45.2 Å². The lowest BCUT2D eigenvalue weighted by molar-refractivity contribution is 0.0612. The van der Waals surface area contributed by atoms with Gasteiger partial charge >= 0.3 is 0 Å². The van der Waals surface area contributed by atoms with Crippen LogP contribution in [0, 0.1) is 0 Å². The van der Waals surface area contributed by atoms with Gasteiger partial charge in [0.1, 0.15) is 5.69 Å². The molecule has 5 heteroatoms. The SMILES string of the molecule is CCCn1cc(Br)cc1C(=O)N1CCCCC1CN. The van der Waals surface area contributed by atoms with Gasteiger partial charge in [0.15, 0.2) is 0 Å². The second-order valence-electron chi connectivity index (χ2n) is 5.12. The summed E-state index contributed by atoms with van der Waals surface area (Å²) in [6.07, 6.45) is 6.28. The fourth-order valence-corrected chi connectivity index (χ4v) is 3.20. The molecule has 19 heavy (non-hydrogen) atoms. The number of likely N-dealkylation sites (tertiary alicyclic amines) is 1. The molecule has 1 aromatic heterocycles. The molecule has 2 N–H and O–H groups in total. The topological polar surface area (TPSA) is 51.3 Å². The number of hydrogen-bond acceptors (Lipinski definition) is 2. The standard InChI is InChI=1S/C14H22BrN3O/c1-2-6-17-10-11(15)8-13(17)14(19)18-7-4-3-5-12(18)9-16/h8,10,12H,2-7,9,16H2,1H3. The summed E-state index contributed by atoms with van der Waals surface area (Å²) in [4.78, 5) is 14.7. The van der Waals surface area contributed by atoms with Crippen LogP contribution in [0.15, 0.2) is 16.7 Å². The van der Waals surface area contributed by atoms with Gasteiger partial charge in [-0.25, -0.2) is 0 Å². The number of amides is 1. The molecule has 0 spiro atoms. The van der Waals surface area contributed by atoms with Crippen molar-refractivity contribution in [2.24, 2.45) is 5.73 Å². The van der Waals surface area contributed by atoms with Gasteiger partial charge in [-0.1, -0.05) is 6.92 Å². The Morgan fingerprint density at radius 1 is 1.53 bits per heavy atom. The smallest absolute Gasteiger partial charge is 0.270 e. The summed E-state index contributed by atoms with van der Waals surface area (Å²) in [5, 5.41) is 0. The van der Waals surface area contributed by atoms with E-state index in [2.05, 4.69) is 22.9 Å². The number of halogens is 1. The molecule has 106 valence electrons. The normalized spacial score (nSPS) is 19.7. The molecule has 1 saturated heterocycles. The number of hydrogen-bond donors (Lipinski definition) is 1. The molecule has 1 aliphatic heterocycles. The number of carbonyl (C=O) groups is 1. The number of nitrogens with two attached hydrogens (primary N) is 1. The molecule has 2 heterocycles. The molecule has 0 radical (unpaired) electrons. The lowest BCUT2D eigenvalue weighted by atomic mass is 10.0. The van der Waals surface area contributed by atoms with Crippen LogP contribution in [0.2, 0.25) is 0 Å². The van der Waals surface area contributed by atoms with Crippen LogP contribution in [-0.2, 0) is 6.54 Å². The van der Waals surface area contributed by atoms with Gasteiger partial charge < -0.3 is 15.2 Å². The Kier molecular flexibility index (Phi) is 5.05. The predicted molar refractivity (Wildman–Crippen MR) is 80.2 cm³/mol. The Morgan fingerprint density at radius 3 is 3.00 bits per heavy atom. The van der Waals surface area contributed by atoms with Gasteiger partial charge in [0.2, 0.25) is 0 Å². The Hall–Kier alpha value is -0.810. The maximum Gasteiger partial charge on any atom is 0.270 e. The summed E-state index contributed by atoms with van der Waals surface area (Å²) < 4.78 is 3.00. The highest BCUT2D eigenvalue weighted by Gasteiger charge is 2.28.